The van der Waals surface area contributed by atoms with Crippen molar-refractivity contribution in [3.05, 3.63) is 34.6 Å². The average Bonchev–Trinajstić information content (AvgIpc) is 2.33. The summed E-state index contributed by atoms with van der Waals surface area (Å²) in [5.41, 5.74) is -0.501. The molecule has 0 aromatic heterocycles. The second-order valence-corrected chi connectivity index (χ2v) is 5.78. The fraction of sp³-hybridized carbons (Fsp3) is 0.571. The molecule has 0 aliphatic carbocycles. The smallest absolute Gasteiger partial charge is 0.127 e. The average molecular weight is 288 g/mol. The van der Waals surface area contributed by atoms with Gasteiger partial charge in [-0.2, -0.15) is 0 Å². The van der Waals surface area contributed by atoms with Gasteiger partial charge < -0.3 is 15.2 Å². The van der Waals surface area contributed by atoms with Crippen molar-refractivity contribution in [2.24, 2.45) is 0 Å². The van der Waals surface area contributed by atoms with Gasteiger partial charge in [-0.3, -0.25) is 0 Å². The van der Waals surface area contributed by atoms with Crippen molar-refractivity contribution in [3.8, 4) is 0 Å². The summed E-state index contributed by atoms with van der Waals surface area (Å²) in [5.74, 6) is -0.374. The Morgan fingerprint density at radius 1 is 1.58 bits per heavy atom. The number of halogens is 2. The minimum atomic E-state index is -0.979. The summed E-state index contributed by atoms with van der Waals surface area (Å²) in [7, 11) is 0. The molecule has 0 saturated carbocycles. The van der Waals surface area contributed by atoms with Crippen molar-refractivity contribution in [2.75, 3.05) is 19.8 Å². The monoisotopic (exact) mass is 287 g/mol. The molecule has 2 atom stereocenters. The summed E-state index contributed by atoms with van der Waals surface area (Å²) >= 11 is 5.71. The SMILES string of the molecule is CC(O)(Cc1ccc(Cl)cc1F)CC1COCCN1. The summed E-state index contributed by atoms with van der Waals surface area (Å²) in [6.45, 7) is 3.79. The summed E-state index contributed by atoms with van der Waals surface area (Å²) in [4.78, 5) is 0. The summed E-state index contributed by atoms with van der Waals surface area (Å²) in [6, 6.07) is 4.64. The van der Waals surface area contributed by atoms with Gasteiger partial charge in [-0.1, -0.05) is 17.7 Å². The summed E-state index contributed by atoms with van der Waals surface area (Å²) < 4.78 is 19.1. The van der Waals surface area contributed by atoms with Crippen LogP contribution in [0.1, 0.15) is 18.9 Å². The molecule has 2 unspecified atom stereocenters. The molecule has 0 radical (unpaired) electrons. The van der Waals surface area contributed by atoms with Crippen LogP contribution in [-0.2, 0) is 11.2 Å². The zero-order chi connectivity index (χ0) is 13.9. The molecule has 0 bridgehead atoms. The molecule has 2 rings (SSSR count). The minimum Gasteiger partial charge on any atom is -0.390 e. The first kappa shape index (κ1) is 14.7. The molecule has 1 aromatic rings. The number of rotatable bonds is 4. The normalized spacial score (nSPS) is 23.1. The van der Waals surface area contributed by atoms with Gasteiger partial charge in [0, 0.05) is 24.0 Å². The van der Waals surface area contributed by atoms with Gasteiger partial charge in [0.15, 0.2) is 0 Å². The first-order valence-corrected chi connectivity index (χ1v) is 6.81. The van der Waals surface area contributed by atoms with Crippen molar-refractivity contribution in [3.63, 3.8) is 0 Å². The van der Waals surface area contributed by atoms with E-state index < -0.39 is 5.60 Å². The first-order valence-electron chi connectivity index (χ1n) is 6.44. The van der Waals surface area contributed by atoms with E-state index >= 15 is 0 Å². The summed E-state index contributed by atoms with van der Waals surface area (Å²) in [6.07, 6.45) is 0.781. The van der Waals surface area contributed by atoms with Crippen LogP contribution in [0.3, 0.4) is 0 Å². The Morgan fingerprint density at radius 2 is 2.37 bits per heavy atom. The Labute approximate surface area is 117 Å². The van der Waals surface area contributed by atoms with Crippen LogP contribution in [0.15, 0.2) is 18.2 Å². The number of benzene rings is 1. The van der Waals surface area contributed by atoms with Gasteiger partial charge in [-0.05, 0) is 31.0 Å². The lowest BCUT2D eigenvalue weighted by Crippen LogP contribution is -2.46. The maximum Gasteiger partial charge on any atom is 0.127 e. The van der Waals surface area contributed by atoms with Gasteiger partial charge in [0.1, 0.15) is 5.82 Å². The third-order valence-corrected chi connectivity index (χ3v) is 3.51. The van der Waals surface area contributed by atoms with Gasteiger partial charge in [0.2, 0.25) is 0 Å². The molecule has 1 heterocycles. The van der Waals surface area contributed by atoms with Crippen LogP contribution in [0.4, 0.5) is 4.39 Å². The van der Waals surface area contributed by atoms with Crippen LogP contribution in [0.2, 0.25) is 5.02 Å². The molecular formula is C14H19ClFNO2. The number of hydrogen-bond donors (Lipinski definition) is 2. The van der Waals surface area contributed by atoms with Crippen LogP contribution >= 0.6 is 11.6 Å². The number of hydrogen-bond acceptors (Lipinski definition) is 3. The van der Waals surface area contributed by atoms with Gasteiger partial charge in [0.25, 0.3) is 0 Å². The molecule has 3 nitrogen and oxygen atoms in total. The Kier molecular flexibility index (Phi) is 4.79. The molecule has 1 aliphatic heterocycles. The lowest BCUT2D eigenvalue weighted by Gasteiger charge is -2.31. The maximum absolute atomic E-state index is 13.7. The molecule has 1 aromatic carbocycles. The van der Waals surface area contributed by atoms with E-state index in [1.165, 1.54) is 6.07 Å². The largest absolute Gasteiger partial charge is 0.390 e. The fourth-order valence-corrected chi connectivity index (χ4v) is 2.59. The van der Waals surface area contributed by atoms with Crippen LogP contribution in [0.5, 0.6) is 0 Å². The predicted octanol–water partition coefficient (Wildman–Crippen LogP) is 2.15. The number of ether oxygens (including phenoxy) is 1. The van der Waals surface area contributed by atoms with E-state index in [1.54, 1.807) is 19.1 Å². The summed E-state index contributed by atoms with van der Waals surface area (Å²) in [5, 5.41) is 14.1. The minimum absolute atomic E-state index is 0.110. The highest BCUT2D eigenvalue weighted by Gasteiger charge is 2.28. The fourth-order valence-electron chi connectivity index (χ4n) is 2.43. The van der Waals surface area contributed by atoms with E-state index in [-0.39, 0.29) is 18.3 Å². The molecule has 0 amide bonds. The Morgan fingerprint density at radius 3 is 3.00 bits per heavy atom. The lowest BCUT2D eigenvalue weighted by molar-refractivity contribution is 0.00605. The quantitative estimate of drug-likeness (QED) is 0.892. The molecular weight excluding hydrogens is 269 g/mol. The van der Waals surface area contributed by atoms with Crippen LogP contribution < -0.4 is 5.32 Å². The molecule has 19 heavy (non-hydrogen) atoms. The standard InChI is InChI=1S/C14H19ClFNO2/c1-14(18,8-12-9-19-5-4-17-12)7-10-2-3-11(15)6-13(10)16/h2-3,6,12,17-18H,4-5,7-9H2,1H3. The Hall–Kier alpha value is -0.680. The number of nitrogens with one attached hydrogen (secondary N) is 1. The predicted molar refractivity (Wildman–Crippen MR) is 73.0 cm³/mol. The molecule has 1 aliphatic rings. The highest BCUT2D eigenvalue weighted by atomic mass is 35.5. The van der Waals surface area contributed by atoms with Gasteiger partial charge in [0.05, 0.1) is 18.8 Å². The number of morpholine rings is 1. The molecule has 1 saturated heterocycles. The third-order valence-electron chi connectivity index (χ3n) is 3.27. The molecule has 2 N–H and O–H groups in total. The zero-order valence-corrected chi connectivity index (χ0v) is 11.7. The lowest BCUT2D eigenvalue weighted by atomic mass is 9.89. The van der Waals surface area contributed by atoms with Crippen LogP contribution in [0.25, 0.3) is 0 Å². The third kappa shape index (κ3) is 4.42. The highest BCUT2D eigenvalue weighted by molar-refractivity contribution is 6.30. The maximum atomic E-state index is 13.7. The molecule has 0 spiro atoms. The van der Waals surface area contributed by atoms with Crippen molar-refractivity contribution in [2.45, 2.75) is 31.4 Å². The molecule has 5 heteroatoms. The van der Waals surface area contributed by atoms with Crippen molar-refractivity contribution in [1.29, 1.82) is 0 Å². The molecule has 106 valence electrons. The van der Waals surface area contributed by atoms with E-state index in [9.17, 15) is 9.50 Å². The van der Waals surface area contributed by atoms with Crippen LogP contribution in [-0.4, -0.2) is 36.5 Å². The highest BCUT2D eigenvalue weighted by Crippen LogP contribution is 2.23. The van der Waals surface area contributed by atoms with Crippen LogP contribution in [0, 0.1) is 5.82 Å². The second kappa shape index (κ2) is 6.18. The Balaban J connectivity index is 1.99. The molecule has 1 fully saturated rings. The van der Waals surface area contributed by atoms with E-state index in [0.717, 1.165) is 6.54 Å². The van der Waals surface area contributed by atoms with E-state index in [1.807, 2.05) is 0 Å². The van der Waals surface area contributed by atoms with Crippen molar-refractivity contribution >= 4 is 11.6 Å². The van der Waals surface area contributed by atoms with Gasteiger partial charge >= 0.3 is 0 Å². The van der Waals surface area contributed by atoms with E-state index in [0.29, 0.717) is 30.2 Å². The van der Waals surface area contributed by atoms with Gasteiger partial charge in [-0.25, -0.2) is 4.39 Å². The Bertz CT molecular complexity index is 433. The van der Waals surface area contributed by atoms with Gasteiger partial charge in [-0.15, -0.1) is 0 Å². The van der Waals surface area contributed by atoms with E-state index in [4.69, 9.17) is 16.3 Å². The first-order chi connectivity index (χ1) is 8.96. The van der Waals surface area contributed by atoms with E-state index in [2.05, 4.69) is 5.32 Å². The van der Waals surface area contributed by atoms with Crippen molar-refractivity contribution < 1.29 is 14.2 Å². The zero-order valence-electron chi connectivity index (χ0n) is 11.0. The second-order valence-electron chi connectivity index (χ2n) is 5.34. The van der Waals surface area contributed by atoms with Crippen molar-refractivity contribution in [1.82, 2.24) is 5.32 Å². The topological polar surface area (TPSA) is 41.5 Å². The number of aliphatic hydroxyl groups is 1.